The highest BCUT2D eigenvalue weighted by molar-refractivity contribution is 5.77. The van der Waals surface area contributed by atoms with Crippen LogP contribution in [0.5, 0.6) is 0 Å². The maximum Gasteiger partial charge on any atom is 0.250 e. The van der Waals surface area contributed by atoms with Crippen molar-refractivity contribution in [2.75, 3.05) is 31.7 Å². The molecule has 8 nitrogen and oxygen atoms in total. The summed E-state index contributed by atoms with van der Waals surface area (Å²) in [6, 6.07) is 9.65. The van der Waals surface area contributed by atoms with Crippen LogP contribution in [0.1, 0.15) is 6.42 Å². The van der Waals surface area contributed by atoms with Gasteiger partial charge in [0.25, 0.3) is 0 Å². The first kappa shape index (κ1) is 14.9. The van der Waals surface area contributed by atoms with Crippen LogP contribution in [-0.2, 0) is 4.74 Å². The number of ether oxygens (including phenoxy) is 1. The van der Waals surface area contributed by atoms with Crippen LogP contribution in [0.25, 0.3) is 5.69 Å². The molecule has 1 heterocycles. The van der Waals surface area contributed by atoms with Crippen molar-refractivity contribution >= 4 is 11.8 Å². The third-order valence-corrected chi connectivity index (χ3v) is 2.95. The van der Waals surface area contributed by atoms with Crippen molar-refractivity contribution in [3.63, 3.8) is 0 Å². The van der Waals surface area contributed by atoms with E-state index in [1.165, 1.54) is 0 Å². The number of hydrogen-bond donors (Lipinski definition) is 2. The molecule has 0 fully saturated rings. The van der Waals surface area contributed by atoms with Crippen molar-refractivity contribution in [2.24, 2.45) is 5.73 Å². The number of para-hydroxylation sites is 1. The van der Waals surface area contributed by atoms with Crippen LogP contribution in [0.15, 0.2) is 30.3 Å². The molecule has 0 bridgehead atoms. The Balaban J connectivity index is 2.23. The zero-order chi connectivity index (χ0) is 15.1. The lowest BCUT2D eigenvalue weighted by atomic mass is 10.3. The Kier molecular flexibility index (Phi) is 5.22. The van der Waals surface area contributed by atoms with Crippen molar-refractivity contribution in [3.8, 4) is 5.69 Å². The van der Waals surface area contributed by atoms with Gasteiger partial charge in [-0.25, -0.2) is 0 Å². The molecule has 2 aromatic rings. The van der Waals surface area contributed by atoms with E-state index in [2.05, 4.69) is 15.5 Å². The van der Waals surface area contributed by atoms with Gasteiger partial charge in [-0.1, -0.05) is 23.3 Å². The highest BCUT2D eigenvalue weighted by Crippen LogP contribution is 2.15. The fourth-order valence-electron chi connectivity index (χ4n) is 1.88. The van der Waals surface area contributed by atoms with E-state index >= 15 is 0 Å². The number of anilines is 1. The average molecular weight is 289 g/mol. The molecule has 2 rings (SSSR count). The van der Waals surface area contributed by atoms with E-state index in [4.69, 9.17) is 15.9 Å². The predicted molar refractivity (Wildman–Crippen MR) is 79.8 cm³/mol. The summed E-state index contributed by atoms with van der Waals surface area (Å²) in [5, 5.41) is 19.2. The molecule has 0 aliphatic rings. The van der Waals surface area contributed by atoms with Crippen molar-refractivity contribution in [2.45, 2.75) is 6.42 Å². The molecule has 0 unspecified atom stereocenters. The maximum absolute atomic E-state index is 7.37. The zero-order valence-corrected chi connectivity index (χ0v) is 11.9. The van der Waals surface area contributed by atoms with E-state index in [9.17, 15) is 0 Å². The number of nitrogens with two attached hydrogens (primary N) is 1. The van der Waals surface area contributed by atoms with Crippen LogP contribution >= 0.6 is 0 Å². The third kappa shape index (κ3) is 3.99. The molecular weight excluding hydrogens is 270 g/mol. The molecule has 0 amide bonds. The Labute approximate surface area is 123 Å². The molecule has 0 aliphatic carbocycles. The summed E-state index contributed by atoms with van der Waals surface area (Å²) < 4.78 is 6.78. The summed E-state index contributed by atoms with van der Waals surface area (Å²) in [7, 11) is 1.64. The number of rotatable bonds is 8. The van der Waals surface area contributed by atoms with Gasteiger partial charge in [0.1, 0.15) is 0 Å². The minimum Gasteiger partial charge on any atom is -0.388 e. The van der Waals surface area contributed by atoms with Gasteiger partial charge in [-0.3, -0.25) is 5.41 Å². The number of nitrogens with one attached hydrogen (secondary N) is 1. The fraction of sp³-hybridized carbons (Fsp3) is 0.385. The van der Waals surface area contributed by atoms with Crippen molar-refractivity contribution in [3.05, 3.63) is 30.3 Å². The van der Waals surface area contributed by atoms with Gasteiger partial charge >= 0.3 is 0 Å². The maximum atomic E-state index is 7.37. The standard InChI is InChI=1S/C13H19N7O/c1-21-10-9-19(8-7-12(14)15)13-16-17-18-20(13)11-5-3-2-4-6-11/h2-6H,7-10H2,1H3,(H3,14,15). The SMILES string of the molecule is COCCN(CCC(=N)N)c1nnnn1-c1ccccc1. The van der Waals surface area contributed by atoms with Gasteiger partial charge in [0, 0.05) is 26.6 Å². The number of tetrazole rings is 1. The Bertz CT molecular complexity index is 569. The molecule has 0 saturated heterocycles. The molecule has 0 spiro atoms. The minimum absolute atomic E-state index is 0.135. The second-order valence-electron chi connectivity index (χ2n) is 4.48. The van der Waals surface area contributed by atoms with Crippen molar-refractivity contribution in [1.82, 2.24) is 20.2 Å². The minimum atomic E-state index is 0.135. The highest BCUT2D eigenvalue weighted by Gasteiger charge is 2.16. The molecule has 8 heteroatoms. The van der Waals surface area contributed by atoms with Crippen LogP contribution < -0.4 is 10.6 Å². The molecule has 3 N–H and O–H groups in total. The molecule has 0 radical (unpaired) electrons. The van der Waals surface area contributed by atoms with Crippen LogP contribution in [-0.4, -0.2) is 52.8 Å². The quantitative estimate of drug-likeness (QED) is 0.539. The van der Waals surface area contributed by atoms with Crippen LogP contribution in [0.2, 0.25) is 0 Å². The van der Waals surface area contributed by atoms with Gasteiger partial charge in [0.2, 0.25) is 5.95 Å². The van der Waals surface area contributed by atoms with Crippen LogP contribution in [0.4, 0.5) is 5.95 Å². The number of methoxy groups -OCH3 is 1. The first-order chi connectivity index (χ1) is 10.2. The Hall–Kier alpha value is -2.48. The second kappa shape index (κ2) is 7.34. The first-order valence-corrected chi connectivity index (χ1v) is 6.63. The number of nitrogens with zero attached hydrogens (tertiary/aromatic N) is 5. The third-order valence-electron chi connectivity index (χ3n) is 2.95. The predicted octanol–water partition coefficient (Wildman–Crippen LogP) is 0.441. The molecule has 112 valence electrons. The summed E-state index contributed by atoms with van der Waals surface area (Å²) in [6.45, 7) is 1.72. The fourth-order valence-corrected chi connectivity index (χ4v) is 1.88. The summed E-state index contributed by atoms with van der Waals surface area (Å²) in [6.07, 6.45) is 0.450. The molecule has 0 aliphatic heterocycles. The summed E-state index contributed by atoms with van der Waals surface area (Å²) in [4.78, 5) is 1.96. The lowest BCUT2D eigenvalue weighted by molar-refractivity contribution is 0.205. The second-order valence-corrected chi connectivity index (χ2v) is 4.48. The summed E-state index contributed by atoms with van der Waals surface area (Å²) >= 11 is 0. The first-order valence-electron chi connectivity index (χ1n) is 6.63. The number of hydrogen-bond acceptors (Lipinski definition) is 6. The Morgan fingerprint density at radius 3 is 2.76 bits per heavy atom. The lowest BCUT2D eigenvalue weighted by Gasteiger charge is -2.22. The molecule has 0 saturated carbocycles. The van der Waals surface area contributed by atoms with E-state index in [0.29, 0.717) is 32.1 Å². The number of aromatic nitrogens is 4. The van der Waals surface area contributed by atoms with Crippen LogP contribution in [0, 0.1) is 5.41 Å². The molecule has 21 heavy (non-hydrogen) atoms. The highest BCUT2D eigenvalue weighted by atomic mass is 16.5. The number of amidine groups is 1. The smallest absolute Gasteiger partial charge is 0.250 e. The van der Waals surface area contributed by atoms with Gasteiger partial charge in [0.15, 0.2) is 0 Å². The lowest BCUT2D eigenvalue weighted by Crippen LogP contribution is -2.33. The summed E-state index contributed by atoms with van der Waals surface area (Å²) in [5.74, 6) is 0.746. The van der Waals surface area contributed by atoms with Gasteiger partial charge < -0.3 is 15.4 Å². The number of benzene rings is 1. The van der Waals surface area contributed by atoms with Crippen molar-refractivity contribution < 1.29 is 4.74 Å². The van der Waals surface area contributed by atoms with Crippen molar-refractivity contribution in [1.29, 1.82) is 5.41 Å². The van der Waals surface area contributed by atoms with E-state index in [1.807, 2.05) is 35.2 Å². The Morgan fingerprint density at radius 1 is 1.33 bits per heavy atom. The van der Waals surface area contributed by atoms with E-state index in [-0.39, 0.29) is 5.84 Å². The van der Waals surface area contributed by atoms with Crippen LogP contribution in [0.3, 0.4) is 0 Å². The molecular formula is C13H19N7O. The zero-order valence-electron chi connectivity index (χ0n) is 11.9. The van der Waals surface area contributed by atoms with Gasteiger partial charge in [-0.05, 0) is 22.6 Å². The average Bonchev–Trinajstić information content (AvgIpc) is 2.97. The van der Waals surface area contributed by atoms with Gasteiger partial charge in [0.05, 0.1) is 18.1 Å². The molecule has 1 aromatic heterocycles. The van der Waals surface area contributed by atoms with E-state index < -0.39 is 0 Å². The van der Waals surface area contributed by atoms with E-state index in [0.717, 1.165) is 5.69 Å². The van der Waals surface area contributed by atoms with Gasteiger partial charge in [-0.15, -0.1) is 0 Å². The topological polar surface area (TPSA) is 106 Å². The largest absolute Gasteiger partial charge is 0.388 e. The molecule has 1 aromatic carbocycles. The normalized spacial score (nSPS) is 10.5. The van der Waals surface area contributed by atoms with Gasteiger partial charge in [-0.2, -0.15) is 4.68 Å². The van der Waals surface area contributed by atoms with E-state index in [1.54, 1.807) is 11.8 Å². The monoisotopic (exact) mass is 289 g/mol. The Morgan fingerprint density at radius 2 is 2.10 bits per heavy atom. The molecule has 0 atom stereocenters. The summed E-state index contributed by atoms with van der Waals surface area (Å²) in [5.41, 5.74) is 6.32.